The Bertz CT molecular complexity index is 431. The molecule has 1 unspecified atom stereocenters. The quantitative estimate of drug-likeness (QED) is 0.723. The largest absolute Gasteiger partial charge is 0.471 e. The number of ketones is 1. The Balaban J connectivity index is 3.20. The van der Waals surface area contributed by atoms with Gasteiger partial charge in [0.2, 0.25) is 0 Å². The van der Waals surface area contributed by atoms with E-state index in [9.17, 15) is 27.6 Å². The summed E-state index contributed by atoms with van der Waals surface area (Å²) >= 11 is 0. The van der Waals surface area contributed by atoms with Gasteiger partial charge in [-0.3, -0.25) is 9.59 Å². The molecule has 1 fully saturated rings. The molecule has 1 saturated heterocycles. The van der Waals surface area contributed by atoms with Crippen molar-refractivity contribution in [3.63, 3.8) is 0 Å². The maximum Gasteiger partial charge on any atom is 0.471 e. The first-order valence-electron chi connectivity index (χ1n) is 6.14. The molecule has 0 spiro atoms. The lowest BCUT2D eigenvalue weighted by Gasteiger charge is -2.45. The maximum atomic E-state index is 12.7. The van der Waals surface area contributed by atoms with Crippen molar-refractivity contribution >= 4 is 17.7 Å². The summed E-state index contributed by atoms with van der Waals surface area (Å²) in [6.45, 7) is 3.89. The lowest BCUT2D eigenvalue weighted by Crippen LogP contribution is -2.65. The minimum atomic E-state index is -5.15. The summed E-state index contributed by atoms with van der Waals surface area (Å²) in [5.74, 6) is -3.64. The van der Waals surface area contributed by atoms with Crippen molar-refractivity contribution in [1.29, 1.82) is 0 Å². The summed E-state index contributed by atoms with van der Waals surface area (Å²) in [4.78, 5) is 35.4. The Morgan fingerprint density at radius 1 is 1.40 bits per heavy atom. The van der Waals surface area contributed by atoms with Gasteiger partial charge in [-0.2, -0.15) is 13.2 Å². The normalized spacial score (nSPS) is 22.6. The first kappa shape index (κ1) is 16.5. The zero-order chi connectivity index (χ0) is 15.7. The lowest BCUT2D eigenvalue weighted by atomic mass is 9.84. The van der Waals surface area contributed by atoms with E-state index in [2.05, 4.69) is 0 Å². The van der Waals surface area contributed by atoms with Crippen molar-refractivity contribution in [3.8, 4) is 0 Å². The molecule has 1 aliphatic rings. The fraction of sp³-hybridized carbons (Fsp3) is 0.750. The lowest BCUT2D eigenvalue weighted by molar-refractivity contribution is -0.199. The molecule has 0 aromatic carbocycles. The predicted molar refractivity (Wildman–Crippen MR) is 61.6 cm³/mol. The predicted octanol–water partition coefficient (Wildman–Crippen LogP) is 1.45. The van der Waals surface area contributed by atoms with Gasteiger partial charge >= 0.3 is 18.1 Å². The van der Waals surface area contributed by atoms with Crippen LogP contribution in [0.5, 0.6) is 0 Å². The minimum Gasteiger partial charge on any atom is -0.464 e. The SMILES string of the molecule is CCOC(=O)C1CCC(=O)C(C)(C)N1C(=O)C(F)(F)F. The van der Waals surface area contributed by atoms with Gasteiger partial charge in [0.1, 0.15) is 6.04 Å². The number of esters is 1. The van der Waals surface area contributed by atoms with Crippen LogP contribution in [0.2, 0.25) is 0 Å². The summed E-state index contributed by atoms with van der Waals surface area (Å²) in [5, 5.41) is 0. The van der Waals surface area contributed by atoms with Gasteiger partial charge in [0.15, 0.2) is 5.78 Å². The van der Waals surface area contributed by atoms with Crippen molar-refractivity contribution in [3.05, 3.63) is 0 Å². The molecule has 1 rings (SSSR count). The Morgan fingerprint density at radius 2 is 1.95 bits per heavy atom. The molecule has 1 aliphatic heterocycles. The second kappa shape index (κ2) is 5.41. The number of rotatable bonds is 2. The number of likely N-dealkylation sites (tertiary alicyclic amines) is 1. The van der Waals surface area contributed by atoms with Crippen LogP contribution in [0.4, 0.5) is 13.2 Å². The number of amides is 1. The molecule has 0 aromatic rings. The van der Waals surface area contributed by atoms with Gasteiger partial charge < -0.3 is 9.64 Å². The van der Waals surface area contributed by atoms with Gasteiger partial charge in [0.25, 0.3) is 0 Å². The molecule has 0 bridgehead atoms. The third kappa shape index (κ3) is 2.94. The Labute approximate surface area is 114 Å². The number of hydrogen-bond acceptors (Lipinski definition) is 4. The molecular formula is C12H16F3NO4. The summed E-state index contributed by atoms with van der Waals surface area (Å²) < 4.78 is 42.7. The van der Waals surface area contributed by atoms with Crippen molar-refractivity contribution in [2.45, 2.75) is 51.4 Å². The Hall–Kier alpha value is -1.60. The van der Waals surface area contributed by atoms with E-state index in [4.69, 9.17) is 4.74 Å². The van der Waals surface area contributed by atoms with E-state index < -0.39 is 35.4 Å². The molecule has 0 aliphatic carbocycles. The molecule has 5 nitrogen and oxygen atoms in total. The van der Waals surface area contributed by atoms with Crippen LogP contribution in [0.25, 0.3) is 0 Å². The van der Waals surface area contributed by atoms with Crippen molar-refractivity contribution < 1.29 is 32.3 Å². The molecule has 1 amide bonds. The average molecular weight is 295 g/mol. The molecule has 0 aromatic heterocycles. The van der Waals surface area contributed by atoms with E-state index >= 15 is 0 Å². The van der Waals surface area contributed by atoms with Crippen molar-refractivity contribution in [2.24, 2.45) is 0 Å². The van der Waals surface area contributed by atoms with Gasteiger partial charge in [-0.1, -0.05) is 0 Å². The Kier molecular flexibility index (Phi) is 4.45. The third-order valence-electron chi connectivity index (χ3n) is 3.26. The minimum absolute atomic E-state index is 0.0161. The first-order valence-corrected chi connectivity index (χ1v) is 6.14. The zero-order valence-corrected chi connectivity index (χ0v) is 11.4. The van der Waals surface area contributed by atoms with Crippen molar-refractivity contribution in [2.75, 3.05) is 6.61 Å². The number of nitrogens with zero attached hydrogens (tertiary/aromatic N) is 1. The molecule has 0 radical (unpaired) electrons. The summed E-state index contributed by atoms with van der Waals surface area (Å²) in [7, 11) is 0. The van der Waals surface area contributed by atoms with E-state index in [-0.39, 0.29) is 19.4 Å². The number of carbonyl (C=O) groups excluding carboxylic acids is 3. The second-order valence-electron chi connectivity index (χ2n) is 4.96. The first-order chi connectivity index (χ1) is 9.03. The molecule has 1 atom stereocenters. The highest BCUT2D eigenvalue weighted by Crippen LogP contribution is 2.33. The van der Waals surface area contributed by atoms with Crippen LogP contribution < -0.4 is 0 Å². The second-order valence-corrected chi connectivity index (χ2v) is 4.96. The summed E-state index contributed by atoms with van der Waals surface area (Å²) in [6, 6.07) is -1.39. The smallest absolute Gasteiger partial charge is 0.464 e. The highest BCUT2D eigenvalue weighted by Gasteiger charge is 2.55. The maximum absolute atomic E-state index is 12.7. The third-order valence-corrected chi connectivity index (χ3v) is 3.26. The fourth-order valence-corrected chi connectivity index (χ4v) is 2.22. The number of halogens is 3. The summed E-state index contributed by atoms with van der Waals surface area (Å²) in [6.07, 6.45) is -5.39. The molecule has 0 N–H and O–H groups in total. The van der Waals surface area contributed by atoms with Crippen molar-refractivity contribution in [1.82, 2.24) is 4.90 Å². The van der Waals surface area contributed by atoms with Gasteiger partial charge in [-0.15, -0.1) is 0 Å². The number of Topliss-reactive ketones (excluding diaryl/α,β-unsaturated/α-hetero) is 1. The molecule has 20 heavy (non-hydrogen) atoms. The van der Waals surface area contributed by atoms with E-state index in [0.717, 1.165) is 0 Å². The van der Waals surface area contributed by atoms with E-state index in [1.54, 1.807) is 0 Å². The highest BCUT2D eigenvalue weighted by molar-refractivity contribution is 5.98. The van der Waals surface area contributed by atoms with Gasteiger partial charge in [-0.25, -0.2) is 4.79 Å². The van der Waals surface area contributed by atoms with E-state index in [1.807, 2.05) is 0 Å². The number of alkyl halides is 3. The van der Waals surface area contributed by atoms with Crippen LogP contribution in [0.1, 0.15) is 33.6 Å². The standard InChI is InChI=1S/C12H16F3NO4/c1-4-20-9(18)7-5-6-8(17)11(2,3)16(7)10(19)12(13,14)15/h7H,4-6H2,1-3H3. The van der Waals surface area contributed by atoms with E-state index in [1.165, 1.54) is 20.8 Å². The van der Waals surface area contributed by atoms with Crippen LogP contribution in [-0.2, 0) is 19.1 Å². The number of hydrogen-bond donors (Lipinski definition) is 0. The van der Waals surface area contributed by atoms with Gasteiger partial charge in [-0.05, 0) is 27.2 Å². The number of ether oxygens (including phenoxy) is 1. The zero-order valence-electron chi connectivity index (χ0n) is 11.4. The van der Waals surface area contributed by atoms with Crippen LogP contribution in [-0.4, -0.2) is 46.9 Å². The highest BCUT2D eigenvalue weighted by atomic mass is 19.4. The van der Waals surface area contributed by atoms with Crippen LogP contribution >= 0.6 is 0 Å². The average Bonchev–Trinajstić information content (AvgIpc) is 2.30. The Morgan fingerprint density at radius 3 is 2.40 bits per heavy atom. The number of piperidine rings is 1. The van der Waals surface area contributed by atoms with Gasteiger partial charge in [0, 0.05) is 6.42 Å². The topological polar surface area (TPSA) is 63.7 Å². The fourth-order valence-electron chi connectivity index (χ4n) is 2.22. The molecule has 114 valence electrons. The summed E-state index contributed by atoms with van der Waals surface area (Å²) in [5.41, 5.74) is -1.69. The molecule has 8 heteroatoms. The van der Waals surface area contributed by atoms with E-state index in [0.29, 0.717) is 4.90 Å². The molecule has 1 heterocycles. The van der Waals surface area contributed by atoms with Crippen LogP contribution in [0.3, 0.4) is 0 Å². The van der Waals surface area contributed by atoms with Crippen LogP contribution in [0.15, 0.2) is 0 Å². The molecular weight excluding hydrogens is 279 g/mol. The monoisotopic (exact) mass is 295 g/mol. The molecule has 0 saturated carbocycles. The number of carbonyl (C=O) groups is 3. The van der Waals surface area contributed by atoms with Gasteiger partial charge in [0.05, 0.1) is 12.1 Å². The van der Waals surface area contributed by atoms with Crippen LogP contribution in [0, 0.1) is 0 Å².